The van der Waals surface area contributed by atoms with E-state index >= 15 is 0 Å². The number of nitrogens with zero attached hydrogens (tertiary/aromatic N) is 1. The Hall–Kier alpha value is -0.940. The zero-order chi connectivity index (χ0) is 14.9. The van der Waals surface area contributed by atoms with Gasteiger partial charge in [-0.05, 0) is 39.0 Å². The molecular formula is C16H23NO3S. The van der Waals surface area contributed by atoms with E-state index in [2.05, 4.69) is 0 Å². The topological polar surface area (TPSA) is 59.4 Å². The molecule has 1 atom stereocenters. The number of aryl methyl sites for hydroxylation is 1. The lowest BCUT2D eigenvalue weighted by molar-refractivity contribution is -0.139. The van der Waals surface area contributed by atoms with Crippen molar-refractivity contribution < 1.29 is 14.6 Å². The van der Waals surface area contributed by atoms with Crippen LogP contribution in [0.5, 0.6) is 0 Å². The first kappa shape index (κ1) is 15.0. The number of rotatable bonds is 4. The van der Waals surface area contributed by atoms with Crippen LogP contribution in [0.3, 0.4) is 0 Å². The third-order valence-electron chi connectivity index (χ3n) is 4.72. The summed E-state index contributed by atoms with van der Waals surface area (Å²) in [7, 11) is 0. The Morgan fingerprint density at radius 3 is 2.81 bits per heavy atom. The van der Waals surface area contributed by atoms with Crippen LogP contribution in [-0.4, -0.2) is 22.7 Å². The number of hydrogen-bond acceptors (Lipinski definition) is 4. The molecule has 0 radical (unpaired) electrons. The van der Waals surface area contributed by atoms with Crippen LogP contribution in [0.4, 0.5) is 0 Å². The third kappa shape index (κ3) is 2.73. The van der Waals surface area contributed by atoms with Gasteiger partial charge < -0.3 is 9.84 Å². The number of carboxylic acid groups (broad SMARTS) is 1. The molecule has 0 aromatic carbocycles. The summed E-state index contributed by atoms with van der Waals surface area (Å²) >= 11 is 1.70. The maximum atomic E-state index is 11.4. The Balaban J connectivity index is 1.96. The lowest BCUT2D eigenvalue weighted by atomic mass is 9.85. The normalized spacial score (nSPS) is 24.5. The van der Waals surface area contributed by atoms with Gasteiger partial charge in [0, 0.05) is 11.5 Å². The Morgan fingerprint density at radius 1 is 1.38 bits per heavy atom. The highest BCUT2D eigenvalue weighted by Crippen LogP contribution is 2.45. The first-order valence-electron chi connectivity index (χ1n) is 8.03. The number of hydrogen-bond donors (Lipinski definition) is 1. The van der Waals surface area contributed by atoms with Gasteiger partial charge in [-0.2, -0.15) is 0 Å². The summed E-state index contributed by atoms with van der Waals surface area (Å²) in [6.45, 7) is 2.72. The molecule has 0 saturated heterocycles. The van der Waals surface area contributed by atoms with E-state index < -0.39 is 11.9 Å². The van der Waals surface area contributed by atoms with Crippen molar-refractivity contribution in [3.63, 3.8) is 0 Å². The van der Waals surface area contributed by atoms with Crippen molar-refractivity contribution in [2.45, 2.75) is 69.8 Å². The van der Waals surface area contributed by atoms with Gasteiger partial charge in [-0.3, -0.25) is 4.79 Å². The Bertz CT molecular complexity index is 514. The molecule has 5 heteroatoms. The highest BCUT2D eigenvalue weighted by molar-refractivity contribution is 7.11. The summed E-state index contributed by atoms with van der Waals surface area (Å²) in [6.07, 6.45) is 8.28. The molecule has 3 rings (SSSR count). The molecule has 21 heavy (non-hydrogen) atoms. The van der Waals surface area contributed by atoms with Gasteiger partial charge in [-0.15, -0.1) is 11.3 Å². The fourth-order valence-corrected chi connectivity index (χ4v) is 5.04. The average molecular weight is 309 g/mol. The van der Waals surface area contributed by atoms with Gasteiger partial charge in [0.2, 0.25) is 0 Å². The molecular weight excluding hydrogens is 286 g/mol. The van der Waals surface area contributed by atoms with Gasteiger partial charge in [-0.25, -0.2) is 4.98 Å². The van der Waals surface area contributed by atoms with Gasteiger partial charge in [0.05, 0.1) is 11.6 Å². The maximum absolute atomic E-state index is 11.4. The van der Waals surface area contributed by atoms with E-state index in [4.69, 9.17) is 9.72 Å². The van der Waals surface area contributed by atoms with Crippen LogP contribution >= 0.6 is 11.3 Å². The molecule has 1 saturated carbocycles. The van der Waals surface area contributed by atoms with Crippen LogP contribution < -0.4 is 0 Å². The van der Waals surface area contributed by atoms with Crippen LogP contribution in [0, 0.1) is 0 Å². The standard InChI is InChI=1S/C16H23NO3S/c1-2-20-16(9-4-3-5-10-16)15-17-13-11(14(18)19)7-6-8-12(13)21-15/h11H,2-10H2,1H3,(H,18,19). The van der Waals surface area contributed by atoms with E-state index in [1.165, 1.54) is 24.1 Å². The van der Waals surface area contributed by atoms with E-state index in [1.807, 2.05) is 6.92 Å². The largest absolute Gasteiger partial charge is 0.481 e. The first-order chi connectivity index (χ1) is 10.2. The molecule has 1 heterocycles. The SMILES string of the molecule is CCOC1(c2nc3c(s2)CCCC3C(=O)O)CCCCC1. The van der Waals surface area contributed by atoms with Crippen molar-refractivity contribution in [2.75, 3.05) is 6.61 Å². The zero-order valence-corrected chi connectivity index (χ0v) is 13.4. The van der Waals surface area contributed by atoms with E-state index in [1.54, 1.807) is 11.3 Å². The molecule has 2 aliphatic rings. The average Bonchev–Trinajstić information content (AvgIpc) is 2.92. The summed E-state index contributed by atoms with van der Waals surface area (Å²) in [5, 5.41) is 10.4. The molecule has 0 bridgehead atoms. The van der Waals surface area contributed by atoms with Gasteiger partial charge in [0.1, 0.15) is 10.6 Å². The van der Waals surface area contributed by atoms with Crippen LogP contribution in [0.2, 0.25) is 0 Å². The van der Waals surface area contributed by atoms with E-state index in [0.29, 0.717) is 13.0 Å². The monoisotopic (exact) mass is 309 g/mol. The molecule has 2 aliphatic carbocycles. The van der Waals surface area contributed by atoms with Crippen molar-refractivity contribution in [3.05, 3.63) is 15.6 Å². The second-order valence-electron chi connectivity index (χ2n) is 6.10. The number of carbonyl (C=O) groups is 1. The minimum Gasteiger partial charge on any atom is -0.481 e. The highest BCUT2D eigenvalue weighted by Gasteiger charge is 2.40. The molecule has 1 aromatic rings. The third-order valence-corrected chi connectivity index (χ3v) is 6.04. The van der Waals surface area contributed by atoms with Crippen LogP contribution in [-0.2, 0) is 21.6 Å². The summed E-state index contributed by atoms with van der Waals surface area (Å²) in [4.78, 5) is 17.4. The van der Waals surface area contributed by atoms with Gasteiger partial charge in [-0.1, -0.05) is 19.3 Å². The summed E-state index contributed by atoms with van der Waals surface area (Å²) < 4.78 is 6.13. The van der Waals surface area contributed by atoms with E-state index in [9.17, 15) is 9.90 Å². The molecule has 1 fully saturated rings. The molecule has 1 unspecified atom stereocenters. The molecule has 1 N–H and O–H groups in total. The van der Waals surface area contributed by atoms with Crippen molar-refractivity contribution in [1.29, 1.82) is 0 Å². The van der Waals surface area contributed by atoms with Crippen molar-refractivity contribution >= 4 is 17.3 Å². The second-order valence-corrected chi connectivity index (χ2v) is 7.18. The molecule has 116 valence electrons. The number of aromatic nitrogens is 1. The number of thiazole rings is 1. The molecule has 0 amide bonds. The number of ether oxygens (including phenoxy) is 1. The minimum absolute atomic E-state index is 0.252. The molecule has 0 aliphatic heterocycles. The predicted molar refractivity (Wildman–Crippen MR) is 81.8 cm³/mol. The zero-order valence-electron chi connectivity index (χ0n) is 12.6. The van der Waals surface area contributed by atoms with Gasteiger partial charge in [0.25, 0.3) is 0 Å². The quantitative estimate of drug-likeness (QED) is 0.918. The molecule has 0 spiro atoms. The molecule has 1 aromatic heterocycles. The Labute approximate surface area is 129 Å². The summed E-state index contributed by atoms with van der Waals surface area (Å²) in [6, 6.07) is 0. The van der Waals surface area contributed by atoms with E-state index in [0.717, 1.165) is 36.4 Å². The van der Waals surface area contributed by atoms with Crippen LogP contribution in [0.1, 0.15) is 73.4 Å². The lowest BCUT2D eigenvalue weighted by Crippen LogP contribution is -2.32. The Morgan fingerprint density at radius 2 is 2.14 bits per heavy atom. The van der Waals surface area contributed by atoms with Crippen molar-refractivity contribution in [1.82, 2.24) is 4.98 Å². The first-order valence-corrected chi connectivity index (χ1v) is 8.85. The molecule has 4 nitrogen and oxygen atoms in total. The van der Waals surface area contributed by atoms with Crippen LogP contribution in [0.25, 0.3) is 0 Å². The lowest BCUT2D eigenvalue weighted by Gasteiger charge is -2.35. The predicted octanol–water partition coefficient (Wildman–Crippen LogP) is 3.84. The maximum Gasteiger partial charge on any atom is 0.312 e. The van der Waals surface area contributed by atoms with Crippen molar-refractivity contribution in [3.8, 4) is 0 Å². The number of aliphatic carboxylic acids is 1. The summed E-state index contributed by atoms with van der Waals surface area (Å²) in [5.74, 6) is -1.15. The number of carboxylic acids is 1. The number of fused-ring (bicyclic) bond motifs is 1. The summed E-state index contributed by atoms with van der Waals surface area (Å²) in [5.41, 5.74) is 0.566. The second kappa shape index (κ2) is 6.05. The Kier molecular flexibility index (Phi) is 4.31. The van der Waals surface area contributed by atoms with E-state index in [-0.39, 0.29) is 5.60 Å². The highest BCUT2D eigenvalue weighted by atomic mass is 32.1. The van der Waals surface area contributed by atoms with Crippen LogP contribution in [0.15, 0.2) is 0 Å². The smallest absolute Gasteiger partial charge is 0.312 e. The minimum atomic E-state index is -0.734. The van der Waals surface area contributed by atoms with Gasteiger partial charge in [0.15, 0.2) is 0 Å². The van der Waals surface area contributed by atoms with Crippen molar-refractivity contribution in [2.24, 2.45) is 0 Å². The fraction of sp³-hybridized carbons (Fsp3) is 0.750. The van der Waals surface area contributed by atoms with Gasteiger partial charge >= 0.3 is 5.97 Å². The fourth-order valence-electron chi connectivity index (χ4n) is 3.67.